The Hall–Kier alpha value is -1.84. The number of nitrogens with zero attached hydrogens (tertiary/aromatic N) is 1. The molecule has 24 heavy (non-hydrogen) atoms. The van der Waals surface area contributed by atoms with Gasteiger partial charge in [-0.3, -0.25) is 9.59 Å². The third-order valence-electron chi connectivity index (χ3n) is 4.34. The lowest BCUT2D eigenvalue weighted by Crippen LogP contribution is -2.27. The molecule has 124 valence electrons. The van der Waals surface area contributed by atoms with Crippen molar-refractivity contribution >= 4 is 34.9 Å². The molecule has 2 aromatic carbocycles. The van der Waals surface area contributed by atoms with Crippen LogP contribution < -0.4 is 0 Å². The van der Waals surface area contributed by atoms with E-state index in [1.54, 1.807) is 23.1 Å². The maximum Gasteiger partial charge on any atom is 0.223 e. The summed E-state index contributed by atoms with van der Waals surface area (Å²) >= 11 is 11.8. The first-order chi connectivity index (χ1) is 11.5. The number of hydrogen-bond donors (Lipinski definition) is 0. The first kappa shape index (κ1) is 17.0. The summed E-state index contributed by atoms with van der Waals surface area (Å²) in [6.07, 6.45) is 0.788. The number of halogens is 2. The van der Waals surface area contributed by atoms with Gasteiger partial charge in [0, 0.05) is 37.4 Å². The van der Waals surface area contributed by atoms with Crippen LogP contribution in [0.1, 0.15) is 34.7 Å². The minimum atomic E-state index is -0.0375. The molecule has 1 unspecified atom stereocenters. The molecule has 1 saturated heterocycles. The summed E-state index contributed by atoms with van der Waals surface area (Å²) in [5.74, 6) is 0.272. The number of ketones is 1. The lowest BCUT2D eigenvalue weighted by molar-refractivity contribution is -0.127. The standard InChI is InChI=1S/C19H17Cl2NO2/c20-16-7-6-14(10-17(16)21)18(23)8-9-22-12-15(11-19(22)24)13-4-2-1-3-5-13/h1-7,10,15H,8-9,11-12H2. The van der Waals surface area contributed by atoms with Crippen LogP contribution in [0, 0.1) is 0 Å². The molecule has 1 fully saturated rings. The van der Waals surface area contributed by atoms with Crippen molar-refractivity contribution in [1.82, 2.24) is 4.90 Å². The van der Waals surface area contributed by atoms with Crippen molar-refractivity contribution in [3.8, 4) is 0 Å². The van der Waals surface area contributed by atoms with Crippen LogP contribution in [0.25, 0.3) is 0 Å². The fourth-order valence-corrected chi connectivity index (χ4v) is 3.29. The van der Waals surface area contributed by atoms with Gasteiger partial charge in [-0.15, -0.1) is 0 Å². The van der Waals surface area contributed by atoms with E-state index in [1.807, 2.05) is 30.3 Å². The molecule has 3 rings (SSSR count). The molecule has 0 saturated carbocycles. The molecule has 1 amide bonds. The summed E-state index contributed by atoms with van der Waals surface area (Å²) in [5, 5.41) is 0.789. The lowest BCUT2D eigenvalue weighted by atomic mass is 9.98. The zero-order valence-electron chi connectivity index (χ0n) is 13.0. The fraction of sp³-hybridized carbons (Fsp3) is 0.263. The molecule has 1 aliphatic rings. The number of amides is 1. The van der Waals surface area contributed by atoms with E-state index < -0.39 is 0 Å². The molecular formula is C19H17Cl2NO2. The van der Waals surface area contributed by atoms with E-state index in [0.717, 1.165) is 0 Å². The molecule has 1 heterocycles. The molecule has 3 nitrogen and oxygen atoms in total. The predicted molar refractivity (Wildman–Crippen MR) is 95.8 cm³/mol. The van der Waals surface area contributed by atoms with Gasteiger partial charge < -0.3 is 4.90 Å². The van der Waals surface area contributed by atoms with Gasteiger partial charge in [-0.1, -0.05) is 53.5 Å². The van der Waals surface area contributed by atoms with E-state index >= 15 is 0 Å². The monoisotopic (exact) mass is 361 g/mol. The summed E-state index contributed by atoms with van der Waals surface area (Å²) in [6, 6.07) is 14.9. The quantitative estimate of drug-likeness (QED) is 0.730. The Labute approximate surface area is 151 Å². The number of rotatable bonds is 5. The Bertz CT molecular complexity index is 761. The van der Waals surface area contributed by atoms with Gasteiger partial charge in [0.2, 0.25) is 5.91 Å². The van der Waals surface area contributed by atoms with Gasteiger partial charge in [0.15, 0.2) is 5.78 Å². The Morgan fingerprint density at radius 3 is 2.54 bits per heavy atom. The highest BCUT2D eigenvalue weighted by atomic mass is 35.5. The topological polar surface area (TPSA) is 37.4 Å². The molecule has 1 atom stereocenters. The third kappa shape index (κ3) is 3.80. The van der Waals surface area contributed by atoms with Crippen molar-refractivity contribution in [3.63, 3.8) is 0 Å². The second-order valence-electron chi connectivity index (χ2n) is 5.95. The van der Waals surface area contributed by atoms with Crippen molar-refractivity contribution in [1.29, 1.82) is 0 Å². The zero-order chi connectivity index (χ0) is 17.1. The van der Waals surface area contributed by atoms with Gasteiger partial charge in [0.25, 0.3) is 0 Å². The first-order valence-corrected chi connectivity index (χ1v) is 8.61. The van der Waals surface area contributed by atoms with E-state index in [9.17, 15) is 9.59 Å². The minimum absolute atomic E-state index is 0.0375. The third-order valence-corrected chi connectivity index (χ3v) is 5.07. The maximum absolute atomic E-state index is 12.3. The maximum atomic E-state index is 12.3. The van der Waals surface area contributed by atoms with E-state index in [0.29, 0.717) is 35.1 Å². The number of carbonyl (C=O) groups is 2. The van der Waals surface area contributed by atoms with Crippen LogP contribution in [0.15, 0.2) is 48.5 Å². The van der Waals surface area contributed by atoms with Gasteiger partial charge in [-0.05, 0) is 23.8 Å². The number of Topliss-reactive ketones (excluding diaryl/α,β-unsaturated/α-hetero) is 1. The molecule has 0 N–H and O–H groups in total. The van der Waals surface area contributed by atoms with Crippen molar-refractivity contribution in [2.45, 2.75) is 18.8 Å². The second kappa shape index (κ2) is 7.37. The average molecular weight is 362 g/mol. The van der Waals surface area contributed by atoms with Crippen molar-refractivity contribution < 1.29 is 9.59 Å². The highest BCUT2D eigenvalue weighted by molar-refractivity contribution is 6.42. The van der Waals surface area contributed by atoms with Crippen molar-refractivity contribution in [2.75, 3.05) is 13.1 Å². The highest BCUT2D eigenvalue weighted by Crippen LogP contribution is 2.28. The summed E-state index contributed by atoms with van der Waals surface area (Å²) in [4.78, 5) is 26.2. The van der Waals surface area contributed by atoms with Gasteiger partial charge in [0.1, 0.15) is 0 Å². The largest absolute Gasteiger partial charge is 0.342 e. The molecule has 5 heteroatoms. The Balaban J connectivity index is 1.59. The number of carbonyl (C=O) groups excluding carboxylic acids is 2. The summed E-state index contributed by atoms with van der Waals surface area (Å²) in [7, 11) is 0. The zero-order valence-corrected chi connectivity index (χ0v) is 14.6. The van der Waals surface area contributed by atoms with Gasteiger partial charge >= 0.3 is 0 Å². The summed E-state index contributed by atoms with van der Waals surface area (Å²) in [6.45, 7) is 1.10. The van der Waals surface area contributed by atoms with Crippen molar-refractivity contribution in [2.24, 2.45) is 0 Å². The SMILES string of the molecule is O=C(CCN1CC(c2ccccc2)CC1=O)c1ccc(Cl)c(Cl)c1. The van der Waals surface area contributed by atoms with Crippen LogP contribution in [0.2, 0.25) is 10.0 Å². The highest BCUT2D eigenvalue weighted by Gasteiger charge is 2.30. The smallest absolute Gasteiger partial charge is 0.223 e. The average Bonchev–Trinajstić information content (AvgIpc) is 2.97. The lowest BCUT2D eigenvalue weighted by Gasteiger charge is -2.16. The van der Waals surface area contributed by atoms with E-state index in [4.69, 9.17) is 23.2 Å². The number of benzene rings is 2. The Kier molecular flexibility index (Phi) is 5.22. The van der Waals surface area contributed by atoms with Gasteiger partial charge in [-0.25, -0.2) is 0 Å². The number of likely N-dealkylation sites (tertiary alicyclic amines) is 1. The van der Waals surface area contributed by atoms with Crippen LogP contribution in [0.3, 0.4) is 0 Å². The molecule has 1 aliphatic heterocycles. The second-order valence-corrected chi connectivity index (χ2v) is 6.77. The summed E-state index contributed by atoms with van der Waals surface area (Å²) in [5.41, 5.74) is 1.69. The molecule has 0 bridgehead atoms. The van der Waals surface area contributed by atoms with Crippen molar-refractivity contribution in [3.05, 3.63) is 69.7 Å². The minimum Gasteiger partial charge on any atom is -0.342 e. The van der Waals surface area contributed by atoms with Crippen LogP contribution in [-0.2, 0) is 4.79 Å². The van der Waals surface area contributed by atoms with Crippen LogP contribution in [0.5, 0.6) is 0 Å². The molecule has 0 spiro atoms. The Morgan fingerprint density at radius 1 is 1.08 bits per heavy atom. The van der Waals surface area contributed by atoms with Gasteiger partial charge in [0.05, 0.1) is 10.0 Å². The van der Waals surface area contributed by atoms with Crippen LogP contribution in [-0.4, -0.2) is 29.7 Å². The Morgan fingerprint density at radius 2 is 1.83 bits per heavy atom. The molecule has 2 aromatic rings. The van der Waals surface area contributed by atoms with Gasteiger partial charge in [-0.2, -0.15) is 0 Å². The molecule has 0 radical (unpaired) electrons. The van der Waals surface area contributed by atoms with E-state index in [-0.39, 0.29) is 24.0 Å². The predicted octanol–water partition coefficient (Wildman–Crippen LogP) is 4.58. The van der Waals surface area contributed by atoms with E-state index in [1.165, 1.54) is 5.56 Å². The molecule has 0 aromatic heterocycles. The fourth-order valence-electron chi connectivity index (χ4n) is 2.99. The van der Waals surface area contributed by atoms with Crippen LogP contribution in [0.4, 0.5) is 0 Å². The number of hydrogen-bond acceptors (Lipinski definition) is 2. The molecular weight excluding hydrogens is 345 g/mol. The first-order valence-electron chi connectivity index (χ1n) is 7.85. The van der Waals surface area contributed by atoms with Crippen LogP contribution >= 0.6 is 23.2 Å². The summed E-state index contributed by atoms with van der Waals surface area (Å²) < 4.78 is 0. The molecule has 0 aliphatic carbocycles. The van der Waals surface area contributed by atoms with E-state index in [2.05, 4.69) is 0 Å². The normalized spacial score (nSPS) is 17.3.